The lowest BCUT2D eigenvalue weighted by molar-refractivity contribution is 0.00222. The summed E-state index contributed by atoms with van der Waals surface area (Å²) in [6.07, 6.45) is 0.473. The maximum absolute atomic E-state index is 12.3. The minimum atomic E-state index is -3.96. The van der Waals surface area contributed by atoms with Crippen molar-refractivity contribution in [1.82, 2.24) is 19.5 Å². The Morgan fingerprint density at radius 2 is 2.00 bits per heavy atom. The average molecular weight is 422 g/mol. The van der Waals surface area contributed by atoms with Gasteiger partial charge >= 0.3 is 7.60 Å². The number of fused-ring (bicyclic) bond motifs is 1. The molecule has 156 valence electrons. The highest BCUT2D eigenvalue weighted by Crippen LogP contribution is 2.43. The number of methoxy groups -OCH3 is 1. The van der Waals surface area contributed by atoms with Gasteiger partial charge in [-0.05, 0) is 5.56 Å². The fourth-order valence-electron chi connectivity index (χ4n) is 2.66. The molecule has 0 spiro atoms. The highest BCUT2D eigenvalue weighted by Gasteiger charge is 2.24. The van der Waals surface area contributed by atoms with Crippen molar-refractivity contribution in [2.75, 3.05) is 31.5 Å². The van der Waals surface area contributed by atoms with Crippen molar-refractivity contribution >= 4 is 30.5 Å². The number of ether oxygens (including phenoxy) is 2. The van der Waals surface area contributed by atoms with Crippen LogP contribution in [0, 0.1) is 0 Å². The van der Waals surface area contributed by atoms with E-state index < -0.39 is 20.0 Å². The Morgan fingerprint density at radius 1 is 1.24 bits per heavy atom. The lowest BCUT2D eigenvalue weighted by Crippen LogP contribution is -2.26. The number of nitrogens with zero attached hydrogens (tertiary/aromatic N) is 4. The van der Waals surface area contributed by atoms with E-state index in [4.69, 9.17) is 25.5 Å². The van der Waals surface area contributed by atoms with Crippen LogP contribution in [0.25, 0.3) is 11.2 Å². The van der Waals surface area contributed by atoms with E-state index in [1.165, 1.54) is 13.4 Å². The largest absolute Gasteiger partial charge is 0.382 e. The van der Waals surface area contributed by atoms with Gasteiger partial charge in [0.2, 0.25) is 5.95 Å². The van der Waals surface area contributed by atoms with Crippen LogP contribution < -0.4 is 11.5 Å². The summed E-state index contributed by atoms with van der Waals surface area (Å²) in [4.78, 5) is 22.2. The Bertz CT molecular complexity index is 999. The van der Waals surface area contributed by atoms with Crippen molar-refractivity contribution in [1.29, 1.82) is 0 Å². The third-order valence-corrected chi connectivity index (χ3v) is 5.02. The number of benzene rings is 1. The first kappa shape index (κ1) is 21.2. The van der Waals surface area contributed by atoms with Crippen LogP contribution in [0.1, 0.15) is 5.56 Å². The molecule has 2 unspecified atom stereocenters. The second kappa shape index (κ2) is 9.29. The molecule has 2 heterocycles. The predicted molar refractivity (Wildman–Crippen MR) is 107 cm³/mol. The Balaban J connectivity index is 1.63. The van der Waals surface area contributed by atoms with E-state index in [1.54, 1.807) is 16.7 Å². The molecule has 29 heavy (non-hydrogen) atoms. The summed E-state index contributed by atoms with van der Waals surface area (Å²) in [6.45, 7) is 0.432. The van der Waals surface area contributed by atoms with Crippen LogP contribution in [0.5, 0.6) is 0 Å². The second-order valence-corrected chi connectivity index (χ2v) is 8.10. The van der Waals surface area contributed by atoms with Gasteiger partial charge in [-0.2, -0.15) is 9.97 Å². The summed E-state index contributed by atoms with van der Waals surface area (Å²) in [5.74, 6) is 0.194. The number of anilines is 2. The lowest BCUT2D eigenvalue weighted by Gasteiger charge is -2.20. The quantitative estimate of drug-likeness (QED) is 0.407. The van der Waals surface area contributed by atoms with E-state index in [0.717, 1.165) is 5.56 Å². The molecule has 2 aromatic heterocycles. The fraction of sp³-hybridized carbons (Fsp3) is 0.353. The van der Waals surface area contributed by atoms with Crippen molar-refractivity contribution in [2.24, 2.45) is 0 Å². The molecule has 5 N–H and O–H groups in total. The van der Waals surface area contributed by atoms with Gasteiger partial charge in [0.25, 0.3) is 0 Å². The molecule has 0 aliphatic rings. The SMILES string of the molecule is COCC(Cn1cnc2c(N)nc(N)nc21)OCP(=O)(O)OCc1ccccc1. The molecule has 0 saturated heterocycles. The third kappa shape index (κ3) is 5.72. The van der Waals surface area contributed by atoms with E-state index in [0.29, 0.717) is 11.2 Å². The molecule has 3 aromatic rings. The smallest absolute Gasteiger partial charge is 0.353 e. The molecule has 0 amide bonds. The monoisotopic (exact) mass is 422 g/mol. The van der Waals surface area contributed by atoms with E-state index in [-0.39, 0.29) is 31.5 Å². The zero-order valence-electron chi connectivity index (χ0n) is 15.8. The van der Waals surface area contributed by atoms with Crippen LogP contribution in [-0.2, 0) is 31.7 Å². The fourth-order valence-corrected chi connectivity index (χ4v) is 3.49. The third-order valence-electron chi connectivity index (χ3n) is 4.01. The van der Waals surface area contributed by atoms with Crippen molar-refractivity contribution < 1.29 is 23.5 Å². The zero-order chi connectivity index (χ0) is 20.9. The van der Waals surface area contributed by atoms with E-state index in [1.807, 2.05) is 18.2 Å². The van der Waals surface area contributed by atoms with Gasteiger partial charge in [-0.3, -0.25) is 4.57 Å². The summed E-state index contributed by atoms with van der Waals surface area (Å²) in [5.41, 5.74) is 13.1. The van der Waals surface area contributed by atoms with Crippen LogP contribution in [-0.4, -0.2) is 50.6 Å². The van der Waals surface area contributed by atoms with Gasteiger partial charge < -0.3 is 34.9 Å². The van der Waals surface area contributed by atoms with Gasteiger partial charge in [-0.1, -0.05) is 30.3 Å². The van der Waals surface area contributed by atoms with Gasteiger partial charge in [-0.25, -0.2) is 4.98 Å². The predicted octanol–water partition coefficient (Wildman–Crippen LogP) is 1.38. The number of aromatic nitrogens is 4. The minimum absolute atomic E-state index is 0.00849. The van der Waals surface area contributed by atoms with Gasteiger partial charge in [0.1, 0.15) is 11.9 Å². The Morgan fingerprint density at radius 3 is 2.72 bits per heavy atom. The van der Waals surface area contributed by atoms with Crippen molar-refractivity contribution in [3.63, 3.8) is 0 Å². The van der Waals surface area contributed by atoms with Crippen LogP contribution in [0.3, 0.4) is 0 Å². The molecule has 0 fully saturated rings. The molecule has 0 radical (unpaired) electrons. The molecule has 3 rings (SSSR count). The number of nitrogen functional groups attached to an aromatic ring is 2. The Labute approximate surface area is 167 Å². The molecule has 0 saturated carbocycles. The van der Waals surface area contributed by atoms with Gasteiger partial charge in [0.05, 0.1) is 32.2 Å². The molecule has 0 bridgehead atoms. The standard InChI is InChI=1S/C17H23N6O5P/c1-26-9-13(7-23-10-20-14-15(18)21-17(19)22-16(14)23)27-11-29(24,25)28-8-12-5-3-2-4-6-12/h2-6,10,13H,7-9,11H2,1H3,(H,24,25)(H4,18,19,21,22). The first-order valence-electron chi connectivity index (χ1n) is 8.72. The second-order valence-electron chi connectivity index (χ2n) is 6.31. The topological polar surface area (TPSA) is 161 Å². The minimum Gasteiger partial charge on any atom is -0.382 e. The van der Waals surface area contributed by atoms with Crippen LogP contribution in [0.4, 0.5) is 11.8 Å². The molecular formula is C17H23N6O5P. The molecule has 2 atom stereocenters. The number of rotatable bonds is 10. The normalized spacial score (nSPS) is 14.7. The van der Waals surface area contributed by atoms with Crippen molar-refractivity contribution in [2.45, 2.75) is 19.3 Å². The van der Waals surface area contributed by atoms with Gasteiger partial charge in [0, 0.05) is 7.11 Å². The number of hydrogen-bond donors (Lipinski definition) is 3. The maximum atomic E-state index is 12.3. The van der Waals surface area contributed by atoms with E-state index >= 15 is 0 Å². The lowest BCUT2D eigenvalue weighted by atomic mass is 10.2. The summed E-state index contributed by atoms with van der Waals surface area (Å²) in [5, 5.41) is 0. The molecule has 0 aliphatic heterocycles. The summed E-state index contributed by atoms with van der Waals surface area (Å²) in [6, 6.07) is 9.11. The Hall–Kier alpha value is -2.56. The van der Waals surface area contributed by atoms with Crippen LogP contribution in [0.2, 0.25) is 0 Å². The van der Waals surface area contributed by atoms with E-state index in [2.05, 4.69) is 15.0 Å². The Kier molecular flexibility index (Phi) is 6.78. The molecule has 12 heteroatoms. The number of hydrogen-bond acceptors (Lipinski definition) is 9. The van der Waals surface area contributed by atoms with Crippen molar-refractivity contribution in [3.05, 3.63) is 42.2 Å². The maximum Gasteiger partial charge on any atom is 0.353 e. The number of nitrogens with two attached hydrogens (primary N) is 2. The first-order chi connectivity index (χ1) is 13.9. The highest BCUT2D eigenvalue weighted by molar-refractivity contribution is 7.52. The summed E-state index contributed by atoms with van der Waals surface area (Å²) in [7, 11) is -2.45. The first-order valence-corrected chi connectivity index (χ1v) is 10.5. The molecular weight excluding hydrogens is 399 g/mol. The highest BCUT2D eigenvalue weighted by atomic mass is 31.2. The summed E-state index contributed by atoms with van der Waals surface area (Å²) >= 11 is 0. The molecule has 1 aromatic carbocycles. The zero-order valence-corrected chi connectivity index (χ0v) is 16.7. The van der Waals surface area contributed by atoms with Crippen LogP contribution in [0.15, 0.2) is 36.7 Å². The molecule has 11 nitrogen and oxygen atoms in total. The average Bonchev–Trinajstić information content (AvgIpc) is 3.09. The number of imidazole rings is 1. The van der Waals surface area contributed by atoms with Crippen LogP contribution >= 0.6 is 7.60 Å². The van der Waals surface area contributed by atoms with E-state index in [9.17, 15) is 9.46 Å². The van der Waals surface area contributed by atoms with Gasteiger partial charge in [-0.15, -0.1) is 0 Å². The van der Waals surface area contributed by atoms with Crippen molar-refractivity contribution in [3.8, 4) is 0 Å². The van der Waals surface area contributed by atoms with Gasteiger partial charge in [0.15, 0.2) is 11.5 Å². The summed E-state index contributed by atoms with van der Waals surface area (Å²) < 4.78 is 29.9. The molecule has 0 aliphatic carbocycles.